The Labute approximate surface area is 194 Å². The molecule has 4 rings (SSSR count). The fraction of sp³-hybridized carbons (Fsp3) is 0.385. The molecule has 174 valence electrons. The highest BCUT2D eigenvalue weighted by Gasteiger charge is 2.28. The van der Waals surface area contributed by atoms with Gasteiger partial charge in [0.1, 0.15) is 17.2 Å². The first kappa shape index (κ1) is 22.9. The Morgan fingerprint density at radius 2 is 1.97 bits per heavy atom. The first-order chi connectivity index (χ1) is 15.8. The maximum absolute atomic E-state index is 12.9. The SMILES string of the molecule is CCCNC(=O)c1onc(-c2cc(C(C)C)c(O)cc2O)c1-c1ccc2c(c1)CCN(C)C2. The van der Waals surface area contributed by atoms with Crippen LogP contribution in [0.3, 0.4) is 0 Å². The summed E-state index contributed by atoms with van der Waals surface area (Å²) in [5.74, 6) is -0.287. The lowest BCUT2D eigenvalue weighted by Crippen LogP contribution is -2.26. The molecule has 7 nitrogen and oxygen atoms in total. The molecule has 1 aliphatic heterocycles. The Kier molecular flexibility index (Phi) is 6.42. The summed E-state index contributed by atoms with van der Waals surface area (Å²) in [4.78, 5) is 15.2. The van der Waals surface area contributed by atoms with Crippen LogP contribution in [0.4, 0.5) is 0 Å². The summed E-state index contributed by atoms with van der Waals surface area (Å²) in [6.07, 6.45) is 1.71. The molecule has 2 aromatic carbocycles. The van der Waals surface area contributed by atoms with Gasteiger partial charge in [-0.3, -0.25) is 4.79 Å². The van der Waals surface area contributed by atoms with Gasteiger partial charge in [-0.05, 0) is 54.1 Å². The third-order valence-corrected chi connectivity index (χ3v) is 6.15. The number of amides is 1. The van der Waals surface area contributed by atoms with E-state index < -0.39 is 0 Å². The number of likely N-dealkylation sites (N-methyl/N-ethyl adjacent to an activating group) is 1. The quantitative estimate of drug-likeness (QED) is 0.506. The number of aromatic nitrogens is 1. The van der Waals surface area contributed by atoms with Crippen molar-refractivity contribution in [1.82, 2.24) is 15.4 Å². The lowest BCUT2D eigenvalue weighted by Gasteiger charge is -2.25. The number of phenolic OH excluding ortho intramolecular Hbond substituents is 2. The van der Waals surface area contributed by atoms with Gasteiger partial charge in [-0.25, -0.2) is 0 Å². The van der Waals surface area contributed by atoms with E-state index in [1.165, 1.54) is 17.2 Å². The van der Waals surface area contributed by atoms with Crippen LogP contribution in [0.2, 0.25) is 0 Å². The zero-order chi connectivity index (χ0) is 23.7. The number of nitrogens with one attached hydrogen (secondary N) is 1. The molecule has 0 atom stereocenters. The molecule has 0 fully saturated rings. The van der Waals surface area contributed by atoms with E-state index in [4.69, 9.17) is 4.52 Å². The Balaban J connectivity index is 1.89. The number of nitrogens with zero attached hydrogens (tertiary/aromatic N) is 2. The van der Waals surface area contributed by atoms with Crippen LogP contribution in [-0.2, 0) is 13.0 Å². The van der Waals surface area contributed by atoms with Gasteiger partial charge in [0.05, 0.1) is 5.56 Å². The van der Waals surface area contributed by atoms with E-state index in [2.05, 4.69) is 34.6 Å². The van der Waals surface area contributed by atoms with Crippen molar-refractivity contribution in [3.63, 3.8) is 0 Å². The van der Waals surface area contributed by atoms with Crippen molar-refractivity contribution in [3.05, 3.63) is 52.8 Å². The Morgan fingerprint density at radius 1 is 1.18 bits per heavy atom. The number of phenols is 2. The standard InChI is InChI=1S/C26H31N3O4/c1-5-9-27-26(32)25-23(17-6-7-18-14-29(4)10-8-16(18)11-17)24(28-33-25)20-12-19(15(2)3)21(30)13-22(20)31/h6-7,11-13,15,30-31H,5,8-10,14H2,1-4H3,(H,27,32). The number of hydrogen-bond donors (Lipinski definition) is 3. The predicted octanol–water partition coefficient (Wildman–Crippen LogP) is 4.67. The van der Waals surface area contributed by atoms with Gasteiger partial charge in [0.25, 0.3) is 5.91 Å². The first-order valence-corrected chi connectivity index (χ1v) is 11.4. The molecule has 7 heteroatoms. The topological polar surface area (TPSA) is 98.8 Å². The van der Waals surface area contributed by atoms with Gasteiger partial charge in [-0.1, -0.05) is 44.1 Å². The molecule has 3 N–H and O–H groups in total. The molecular weight excluding hydrogens is 418 g/mol. The molecule has 0 radical (unpaired) electrons. The van der Waals surface area contributed by atoms with Crippen LogP contribution in [0, 0.1) is 0 Å². The van der Waals surface area contributed by atoms with Crippen molar-refractivity contribution in [2.45, 2.75) is 46.1 Å². The van der Waals surface area contributed by atoms with E-state index in [0.29, 0.717) is 28.9 Å². The number of carbonyl (C=O) groups excluding carboxylic acids is 1. The van der Waals surface area contributed by atoms with E-state index in [-0.39, 0.29) is 29.1 Å². The van der Waals surface area contributed by atoms with Gasteiger partial charge in [0.15, 0.2) is 0 Å². The fourth-order valence-corrected chi connectivity index (χ4v) is 4.31. The van der Waals surface area contributed by atoms with Crippen molar-refractivity contribution in [1.29, 1.82) is 0 Å². The van der Waals surface area contributed by atoms with Crippen LogP contribution in [0.25, 0.3) is 22.4 Å². The van der Waals surface area contributed by atoms with Crippen LogP contribution in [0.1, 0.15) is 60.4 Å². The minimum atomic E-state index is -0.342. The summed E-state index contributed by atoms with van der Waals surface area (Å²) in [5, 5.41) is 28.1. The largest absolute Gasteiger partial charge is 0.508 e. The molecule has 1 amide bonds. The monoisotopic (exact) mass is 449 g/mol. The number of carbonyl (C=O) groups is 1. The lowest BCUT2D eigenvalue weighted by atomic mass is 9.91. The highest BCUT2D eigenvalue weighted by atomic mass is 16.5. The summed E-state index contributed by atoms with van der Waals surface area (Å²) in [6.45, 7) is 8.27. The Morgan fingerprint density at radius 3 is 2.70 bits per heavy atom. The van der Waals surface area contributed by atoms with Crippen LogP contribution >= 0.6 is 0 Å². The summed E-state index contributed by atoms with van der Waals surface area (Å²) >= 11 is 0. The normalized spacial score (nSPS) is 13.8. The van der Waals surface area contributed by atoms with Crippen LogP contribution < -0.4 is 5.32 Å². The molecule has 0 spiro atoms. The van der Waals surface area contributed by atoms with Crippen molar-refractivity contribution < 1.29 is 19.5 Å². The fourth-order valence-electron chi connectivity index (χ4n) is 4.31. The van der Waals surface area contributed by atoms with E-state index in [0.717, 1.165) is 31.5 Å². The third kappa shape index (κ3) is 4.46. The van der Waals surface area contributed by atoms with Crippen molar-refractivity contribution >= 4 is 5.91 Å². The molecular formula is C26H31N3O4. The minimum Gasteiger partial charge on any atom is -0.508 e. The molecule has 3 aromatic rings. The smallest absolute Gasteiger partial charge is 0.290 e. The van der Waals surface area contributed by atoms with Gasteiger partial charge in [0.2, 0.25) is 5.76 Å². The van der Waals surface area contributed by atoms with Crippen LogP contribution in [0.5, 0.6) is 11.5 Å². The lowest BCUT2D eigenvalue weighted by molar-refractivity contribution is 0.0918. The Hall–Kier alpha value is -3.32. The third-order valence-electron chi connectivity index (χ3n) is 6.15. The molecule has 0 saturated carbocycles. The van der Waals surface area contributed by atoms with E-state index in [9.17, 15) is 15.0 Å². The summed E-state index contributed by atoms with van der Waals surface area (Å²) in [7, 11) is 2.10. The molecule has 33 heavy (non-hydrogen) atoms. The van der Waals surface area contributed by atoms with Gasteiger partial charge in [-0.15, -0.1) is 0 Å². The molecule has 1 aliphatic rings. The average molecular weight is 450 g/mol. The van der Waals surface area contributed by atoms with Crippen LogP contribution in [0.15, 0.2) is 34.9 Å². The highest BCUT2D eigenvalue weighted by Crippen LogP contribution is 2.43. The van der Waals surface area contributed by atoms with Crippen molar-refractivity contribution in [2.24, 2.45) is 0 Å². The first-order valence-electron chi connectivity index (χ1n) is 11.4. The maximum Gasteiger partial charge on any atom is 0.290 e. The summed E-state index contributed by atoms with van der Waals surface area (Å²) in [6, 6.07) is 9.20. The summed E-state index contributed by atoms with van der Waals surface area (Å²) in [5.41, 5.74) is 5.33. The second-order valence-corrected chi connectivity index (χ2v) is 9.05. The Bertz CT molecular complexity index is 1180. The van der Waals surface area contributed by atoms with Gasteiger partial charge < -0.3 is 25.0 Å². The van der Waals surface area contributed by atoms with E-state index in [1.807, 2.05) is 26.8 Å². The number of hydrogen-bond acceptors (Lipinski definition) is 6. The average Bonchev–Trinajstić information content (AvgIpc) is 3.21. The molecule has 0 bridgehead atoms. The molecule has 2 heterocycles. The number of aromatic hydroxyl groups is 2. The predicted molar refractivity (Wildman–Crippen MR) is 127 cm³/mol. The molecule has 0 saturated heterocycles. The second-order valence-electron chi connectivity index (χ2n) is 9.05. The molecule has 0 unspecified atom stereocenters. The molecule has 1 aromatic heterocycles. The zero-order valence-electron chi connectivity index (χ0n) is 19.6. The number of benzene rings is 2. The van der Waals surface area contributed by atoms with Crippen LogP contribution in [-0.4, -0.2) is 46.3 Å². The maximum atomic E-state index is 12.9. The van der Waals surface area contributed by atoms with Crippen molar-refractivity contribution in [3.8, 4) is 33.9 Å². The highest BCUT2D eigenvalue weighted by molar-refractivity contribution is 6.02. The van der Waals surface area contributed by atoms with Crippen molar-refractivity contribution in [2.75, 3.05) is 20.1 Å². The number of rotatable bonds is 6. The van der Waals surface area contributed by atoms with E-state index >= 15 is 0 Å². The van der Waals surface area contributed by atoms with Gasteiger partial charge in [0, 0.05) is 31.3 Å². The summed E-state index contributed by atoms with van der Waals surface area (Å²) < 4.78 is 5.57. The van der Waals surface area contributed by atoms with Gasteiger partial charge in [-0.2, -0.15) is 0 Å². The zero-order valence-corrected chi connectivity index (χ0v) is 19.6. The second kappa shape index (κ2) is 9.27. The number of fused-ring (bicyclic) bond motifs is 1. The molecule has 0 aliphatic carbocycles. The minimum absolute atomic E-state index is 0.0232. The van der Waals surface area contributed by atoms with E-state index in [1.54, 1.807) is 6.07 Å². The van der Waals surface area contributed by atoms with Gasteiger partial charge >= 0.3 is 0 Å².